The van der Waals surface area contributed by atoms with Crippen LogP contribution in [0.25, 0.3) is 6.08 Å². The third kappa shape index (κ3) is 3.62. The monoisotopic (exact) mass is 292 g/mol. The fraction of sp³-hybridized carbons (Fsp3) is 0.100. The number of alkyl halides is 2. The van der Waals surface area contributed by atoms with E-state index in [1.807, 2.05) is 0 Å². The molecule has 6 heteroatoms. The van der Waals surface area contributed by atoms with Gasteiger partial charge in [-0.2, -0.15) is 8.78 Å². The highest BCUT2D eigenvalue weighted by molar-refractivity contribution is 9.10. The van der Waals surface area contributed by atoms with Crippen molar-refractivity contribution >= 4 is 28.0 Å². The van der Waals surface area contributed by atoms with Gasteiger partial charge in [0, 0.05) is 11.6 Å². The third-order valence-corrected chi connectivity index (χ3v) is 2.23. The van der Waals surface area contributed by atoms with E-state index in [9.17, 15) is 13.6 Å². The van der Waals surface area contributed by atoms with E-state index in [0.29, 0.717) is 4.47 Å². The van der Waals surface area contributed by atoms with Crippen LogP contribution in [0.15, 0.2) is 28.7 Å². The van der Waals surface area contributed by atoms with Crippen molar-refractivity contribution < 1.29 is 23.4 Å². The Morgan fingerprint density at radius 1 is 1.50 bits per heavy atom. The summed E-state index contributed by atoms with van der Waals surface area (Å²) in [4.78, 5) is 10.3. The summed E-state index contributed by atoms with van der Waals surface area (Å²) in [6, 6.07) is 4.58. The molecular formula is C10H7BrF2O3. The minimum atomic E-state index is -2.96. The number of rotatable bonds is 4. The molecule has 0 heterocycles. The quantitative estimate of drug-likeness (QED) is 0.867. The number of carbonyl (C=O) groups is 1. The second-order valence-electron chi connectivity index (χ2n) is 2.71. The normalized spacial score (nSPS) is 11.0. The van der Waals surface area contributed by atoms with E-state index in [-0.39, 0.29) is 11.3 Å². The number of halogens is 3. The minimum Gasteiger partial charge on any atom is -0.478 e. The Morgan fingerprint density at radius 2 is 2.19 bits per heavy atom. The Hall–Kier alpha value is -1.43. The second-order valence-corrected chi connectivity index (χ2v) is 3.56. The largest absolute Gasteiger partial charge is 0.478 e. The summed E-state index contributed by atoms with van der Waals surface area (Å²) in [7, 11) is 0. The lowest BCUT2D eigenvalue weighted by Gasteiger charge is -2.09. The molecule has 1 N–H and O–H groups in total. The molecule has 0 aliphatic rings. The van der Waals surface area contributed by atoms with Crippen molar-refractivity contribution in [3.63, 3.8) is 0 Å². The molecule has 86 valence electrons. The maximum atomic E-state index is 12.1. The van der Waals surface area contributed by atoms with Crippen molar-refractivity contribution in [3.8, 4) is 5.75 Å². The second kappa shape index (κ2) is 5.60. The van der Waals surface area contributed by atoms with Crippen LogP contribution in [0.4, 0.5) is 8.78 Å². The Balaban J connectivity index is 3.07. The summed E-state index contributed by atoms with van der Waals surface area (Å²) < 4.78 is 28.8. The molecule has 0 bridgehead atoms. The fourth-order valence-corrected chi connectivity index (χ4v) is 1.51. The molecule has 0 unspecified atom stereocenters. The molecule has 1 aromatic rings. The first kappa shape index (κ1) is 12.6. The van der Waals surface area contributed by atoms with E-state index in [4.69, 9.17) is 5.11 Å². The predicted molar refractivity (Wildman–Crippen MR) is 57.4 cm³/mol. The number of hydrogen-bond donors (Lipinski definition) is 1. The first-order valence-corrected chi connectivity index (χ1v) is 4.94. The van der Waals surface area contributed by atoms with Gasteiger partial charge in [-0.3, -0.25) is 0 Å². The summed E-state index contributed by atoms with van der Waals surface area (Å²) in [5, 5.41) is 8.43. The third-order valence-electron chi connectivity index (χ3n) is 1.61. The Morgan fingerprint density at radius 3 is 2.75 bits per heavy atom. The number of hydrogen-bond acceptors (Lipinski definition) is 2. The van der Waals surface area contributed by atoms with Gasteiger partial charge in [0.1, 0.15) is 5.75 Å². The van der Waals surface area contributed by atoms with Crippen LogP contribution >= 0.6 is 15.9 Å². The lowest BCUT2D eigenvalue weighted by atomic mass is 10.2. The number of aliphatic carboxylic acids is 1. The zero-order valence-electron chi connectivity index (χ0n) is 7.86. The van der Waals surface area contributed by atoms with Gasteiger partial charge in [0.05, 0.1) is 4.47 Å². The molecular weight excluding hydrogens is 286 g/mol. The van der Waals surface area contributed by atoms with Gasteiger partial charge in [0.25, 0.3) is 0 Å². The highest BCUT2D eigenvalue weighted by atomic mass is 79.9. The zero-order valence-corrected chi connectivity index (χ0v) is 9.45. The standard InChI is InChI=1S/C10H7BrF2O3/c11-7-3-1-2-6(4-5-8(14)15)9(7)16-10(12)13/h1-5,10H,(H,14,15). The summed E-state index contributed by atoms with van der Waals surface area (Å²) >= 11 is 3.04. The van der Waals surface area contributed by atoms with Crippen molar-refractivity contribution in [2.24, 2.45) is 0 Å². The molecule has 0 radical (unpaired) electrons. The van der Waals surface area contributed by atoms with Crippen LogP contribution in [-0.4, -0.2) is 17.7 Å². The summed E-state index contributed by atoms with van der Waals surface area (Å²) in [6.07, 6.45) is 2.03. The van der Waals surface area contributed by atoms with Crippen molar-refractivity contribution in [1.29, 1.82) is 0 Å². The zero-order chi connectivity index (χ0) is 12.1. The molecule has 0 spiro atoms. The van der Waals surface area contributed by atoms with Crippen molar-refractivity contribution in [1.82, 2.24) is 0 Å². The van der Waals surface area contributed by atoms with E-state index in [2.05, 4.69) is 20.7 Å². The lowest BCUT2D eigenvalue weighted by molar-refractivity contribution is -0.131. The van der Waals surface area contributed by atoms with Crippen molar-refractivity contribution in [2.75, 3.05) is 0 Å². The summed E-state index contributed by atoms with van der Waals surface area (Å²) in [5.41, 5.74) is 0.261. The van der Waals surface area contributed by atoms with Crippen LogP contribution in [-0.2, 0) is 4.79 Å². The van der Waals surface area contributed by atoms with Gasteiger partial charge < -0.3 is 9.84 Å². The summed E-state index contributed by atoms with van der Waals surface area (Å²) in [5.74, 6) is -1.25. The molecule has 0 aromatic heterocycles. The fourth-order valence-electron chi connectivity index (χ4n) is 1.03. The number of carboxylic acid groups (broad SMARTS) is 1. The van der Waals surface area contributed by atoms with E-state index >= 15 is 0 Å². The predicted octanol–water partition coefficient (Wildman–Crippen LogP) is 3.15. The van der Waals surface area contributed by atoms with Crippen molar-refractivity contribution in [2.45, 2.75) is 6.61 Å². The molecule has 0 atom stereocenters. The highest BCUT2D eigenvalue weighted by Gasteiger charge is 2.11. The molecule has 0 aliphatic heterocycles. The van der Waals surface area contributed by atoms with Crippen LogP contribution in [0.2, 0.25) is 0 Å². The number of benzene rings is 1. The maximum Gasteiger partial charge on any atom is 0.387 e. The topological polar surface area (TPSA) is 46.5 Å². The van der Waals surface area contributed by atoms with Gasteiger partial charge in [-0.15, -0.1) is 0 Å². The van der Waals surface area contributed by atoms with Crippen LogP contribution in [0.5, 0.6) is 5.75 Å². The molecule has 1 aromatic carbocycles. The highest BCUT2D eigenvalue weighted by Crippen LogP contribution is 2.31. The van der Waals surface area contributed by atoms with Gasteiger partial charge in [-0.1, -0.05) is 12.1 Å². The summed E-state index contributed by atoms with van der Waals surface area (Å²) in [6.45, 7) is -2.96. The number of ether oxygens (including phenoxy) is 1. The van der Waals surface area contributed by atoms with E-state index in [0.717, 1.165) is 6.08 Å². The van der Waals surface area contributed by atoms with Crippen LogP contribution in [0.3, 0.4) is 0 Å². The average Bonchev–Trinajstić information content (AvgIpc) is 2.18. The minimum absolute atomic E-state index is 0.0880. The van der Waals surface area contributed by atoms with Gasteiger partial charge in [-0.05, 0) is 28.1 Å². The lowest BCUT2D eigenvalue weighted by Crippen LogP contribution is -2.04. The van der Waals surface area contributed by atoms with E-state index in [1.165, 1.54) is 18.2 Å². The molecule has 3 nitrogen and oxygen atoms in total. The Kier molecular flexibility index (Phi) is 4.42. The average molecular weight is 293 g/mol. The van der Waals surface area contributed by atoms with Crippen molar-refractivity contribution in [3.05, 3.63) is 34.3 Å². The maximum absolute atomic E-state index is 12.1. The van der Waals surface area contributed by atoms with Crippen LogP contribution in [0, 0.1) is 0 Å². The Bertz CT molecular complexity index is 419. The van der Waals surface area contributed by atoms with Gasteiger partial charge in [0.15, 0.2) is 0 Å². The van der Waals surface area contributed by atoms with Crippen LogP contribution in [0.1, 0.15) is 5.56 Å². The molecule has 0 saturated heterocycles. The molecule has 0 aliphatic carbocycles. The van der Waals surface area contributed by atoms with Gasteiger partial charge >= 0.3 is 12.6 Å². The molecule has 0 amide bonds. The van der Waals surface area contributed by atoms with Gasteiger partial charge in [0.2, 0.25) is 0 Å². The smallest absolute Gasteiger partial charge is 0.387 e. The first-order valence-electron chi connectivity index (χ1n) is 4.15. The van der Waals surface area contributed by atoms with E-state index in [1.54, 1.807) is 6.07 Å². The first-order chi connectivity index (χ1) is 7.50. The number of carboxylic acids is 1. The Labute approximate surface area is 98.5 Å². The number of para-hydroxylation sites is 1. The molecule has 0 fully saturated rings. The molecule has 16 heavy (non-hydrogen) atoms. The van der Waals surface area contributed by atoms with Gasteiger partial charge in [-0.25, -0.2) is 4.79 Å². The van der Waals surface area contributed by atoms with E-state index < -0.39 is 12.6 Å². The molecule has 0 saturated carbocycles. The van der Waals surface area contributed by atoms with Crippen LogP contribution < -0.4 is 4.74 Å². The SMILES string of the molecule is O=C(O)C=Cc1cccc(Br)c1OC(F)F. The molecule has 1 rings (SSSR count).